The molecule has 0 saturated heterocycles. The van der Waals surface area contributed by atoms with Crippen LogP contribution in [0.3, 0.4) is 0 Å². The standard InChI is InChI=1S/C22H18FN3OS/c1-2-5-16(27)12-20-26-19-11-15(14-6-3-8-24-13-14)10-17(22(19)28-20)21-18(23)7-4-9-25-21/h3-4,6-11,13H,2,5,12H2,1H3. The summed E-state index contributed by atoms with van der Waals surface area (Å²) in [5.74, 6) is -0.219. The lowest BCUT2D eigenvalue weighted by Gasteiger charge is -2.07. The van der Waals surface area contributed by atoms with E-state index in [2.05, 4.69) is 15.0 Å². The number of rotatable bonds is 6. The molecule has 6 heteroatoms. The Balaban J connectivity index is 1.90. The minimum atomic E-state index is -0.385. The fraction of sp³-hybridized carbons (Fsp3) is 0.182. The maximum Gasteiger partial charge on any atom is 0.149 e. The third-order valence-corrected chi connectivity index (χ3v) is 5.52. The molecule has 4 rings (SSSR count). The van der Waals surface area contributed by atoms with Crippen molar-refractivity contribution in [1.82, 2.24) is 15.0 Å². The summed E-state index contributed by atoms with van der Waals surface area (Å²) < 4.78 is 15.3. The van der Waals surface area contributed by atoms with Gasteiger partial charge in [-0.2, -0.15) is 0 Å². The first-order chi connectivity index (χ1) is 13.7. The van der Waals surface area contributed by atoms with Crippen LogP contribution in [0.5, 0.6) is 0 Å². The van der Waals surface area contributed by atoms with Crippen molar-refractivity contribution in [3.63, 3.8) is 0 Å². The van der Waals surface area contributed by atoms with Crippen LogP contribution in [0.1, 0.15) is 24.8 Å². The zero-order valence-electron chi connectivity index (χ0n) is 15.4. The number of carbonyl (C=O) groups excluding carboxylic acids is 1. The quantitative estimate of drug-likeness (QED) is 0.437. The Morgan fingerprint density at radius 3 is 2.75 bits per heavy atom. The summed E-state index contributed by atoms with van der Waals surface area (Å²) in [6.07, 6.45) is 6.71. The van der Waals surface area contributed by atoms with Crippen molar-refractivity contribution in [1.29, 1.82) is 0 Å². The minimum Gasteiger partial charge on any atom is -0.299 e. The van der Waals surface area contributed by atoms with Crippen LogP contribution in [0.4, 0.5) is 4.39 Å². The molecule has 3 heterocycles. The van der Waals surface area contributed by atoms with Gasteiger partial charge in [-0.05, 0) is 42.3 Å². The highest BCUT2D eigenvalue weighted by Gasteiger charge is 2.17. The Bertz CT molecular complexity index is 1140. The summed E-state index contributed by atoms with van der Waals surface area (Å²) in [4.78, 5) is 25.2. The molecule has 0 aliphatic rings. The number of nitrogens with zero attached hydrogens (tertiary/aromatic N) is 3. The predicted molar refractivity (Wildman–Crippen MR) is 110 cm³/mol. The predicted octanol–water partition coefficient (Wildman–Crippen LogP) is 5.47. The van der Waals surface area contributed by atoms with Gasteiger partial charge in [-0.15, -0.1) is 11.3 Å². The molecule has 0 atom stereocenters. The number of hydrogen-bond acceptors (Lipinski definition) is 5. The SMILES string of the molecule is CCCC(=O)Cc1nc2cc(-c3cccnc3)cc(-c3ncccc3F)c2s1. The molecule has 0 bridgehead atoms. The van der Waals surface area contributed by atoms with Gasteiger partial charge in [-0.3, -0.25) is 14.8 Å². The molecule has 0 amide bonds. The van der Waals surface area contributed by atoms with Crippen molar-refractivity contribution in [2.45, 2.75) is 26.2 Å². The van der Waals surface area contributed by atoms with Crippen LogP contribution in [0.2, 0.25) is 0 Å². The number of ketones is 1. The van der Waals surface area contributed by atoms with Crippen LogP contribution >= 0.6 is 11.3 Å². The average Bonchev–Trinajstić information content (AvgIpc) is 3.11. The molecule has 0 spiro atoms. The average molecular weight is 391 g/mol. The summed E-state index contributed by atoms with van der Waals surface area (Å²) in [5.41, 5.74) is 3.51. The lowest BCUT2D eigenvalue weighted by atomic mass is 10.0. The van der Waals surface area contributed by atoms with Crippen LogP contribution in [0.15, 0.2) is 55.0 Å². The summed E-state index contributed by atoms with van der Waals surface area (Å²) >= 11 is 1.43. The Hall–Kier alpha value is -2.99. The van der Waals surface area contributed by atoms with E-state index in [4.69, 9.17) is 0 Å². The monoisotopic (exact) mass is 391 g/mol. The Morgan fingerprint density at radius 1 is 1.14 bits per heavy atom. The molecule has 0 aliphatic carbocycles. The van der Waals surface area contributed by atoms with Crippen LogP contribution in [-0.4, -0.2) is 20.7 Å². The Labute approximate surface area is 166 Å². The molecule has 140 valence electrons. The molecular formula is C22H18FN3OS. The van der Waals surface area contributed by atoms with E-state index in [1.54, 1.807) is 24.7 Å². The second kappa shape index (κ2) is 7.94. The maximum absolute atomic E-state index is 14.5. The van der Waals surface area contributed by atoms with Gasteiger partial charge in [-0.25, -0.2) is 9.37 Å². The molecular weight excluding hydrogens is 373 g/mol. The fourth-order valence-corrected chi connectivity index (χ4v) is 4.24. The van der Waals surface area contributed by atoms with Crippen molar-refractivity contribution >= 4 is 27.3 Å². The smallest absolute Gasteiger partial charge is 0.149 e. The third kappa shape index (κ3) is 3.68. The highest BCUT2D eigenvalue weighted by atomic mass is 32.1. The van der Waals surface area contributed by atoms with Crippen molar-refractivity contribution in [2.75, 3.05) is 0 Å². The second-order valence-corrected chi connectivity index (χ2v) is 7.60. The summed E-state index contributed by atoms with van der Waals surface area (Å²) in [5, 5.41) is 0.745. The zero-order chi connectivity index (χ0) is 19.5. The molecule has 3 aromatic heterocycles. The number of halogens is 1. The topological polar surface area (TPSA) is 55.7 Å². The molecule has 0 unspecified atom stereocenters. The van der Waals surface area contributed by atoms with Crippen LogP contribution in [-0.2, 0) is 11.2 Å². The fourth-order valence-electron chi connectivity index (χ4n) is 3.15. The number of carbonyl (C=O) groups is 1. The molecule has 4 nitrogen and oxygen atoms in total. The third-order valence-electron chi connectivity index (χ3n) is 4.42. The number of hydrogen-bond donors (Lipinski definition) is 0. The van der Waals surface area contributed by atoms with Gasteiger partial charge in [0.25, 0.3) is 0 Å². The van der Waals surface area contributed by atoms with E-state index in [-0.39, 0.29) is 17.3 Å². The molecule has 0 saturated carbocycles. The molecule has 0 radical (unpaired) electrons. The lowest BCUT2D eigenvalue weighted by molar-refractivity contribution is -0.118. The second-order valence-electron chi connectivity index (χ2n) is 6.52. The number of pyridine rings is 2. The summed E-state index contributed by atoms with van der Waals surface area (Å²) in [7, 11) is 0. The van der Waals surface area contributed by atoms with Crippen LogP contribution < -0.4 is 0 Å². The van der Waals surface area contributed by atoms with Gasteiger partial charge in [0, 0.05) is 36.1 Å². The van der Waals surface area contributed by atoms with Gasteiger partial charge in [0.2, 0.25) is 0 Å². The van der Waals surface area contributed by atoms with E-state index in [1.165, 1.54) is 17.4 Å². The van der Waals surface area contributed by atoms with Gasteiger partial charge in [0.05, 0.1) is 16.6 Å². The Morgan fingerprint density at radius 2 is 2.00 bits per heavy atom. The first kappa shape index (κ1) is 18.4. The molecule has 0 N–H and O–H groups in total. The molecule has 0 aliphatic heterocycles. The van der Waals surface area contributed by atoms with Crippen molar-refractivity contribution in [3.8, 4) is 22.4 Å². The highest BCUT2D eigenvalue weighted by molar-refractivity contribution is 7.19. The number of aromatic nitrogens is 3. The lowest BCUT2D eigenvalue weighted by Crippen LogP contribution is -2.00. The first-order valence-electron chi connectivity index (χ1n) is 9.12. The number of thiazole rings is 1. The van der Waals surface area contributed by atoms with E-state index < -0.39 is 0 Å². The number of benzene rings is 1. The van der Waals surface area contributed by atoms with Gasteiger partial charge in [0.15, 0.2) is 0 Å². The van der Waals surface area contributed by atoms with Crippen molar-refractivity contribution in [3.05, 3.63) is 65.8 Å². The first-order valence-corrected chi connectivity index (χ1v) is 9.94. The van der Waals surface area contributed by atoms with Crippen molar-refractivity contribution in [2.24, 2.45) is 0 Å². The molecule has 1 aromatic carbocycles. The van der Waals surface area contributed by atoms with E-state index in [0.717, 1.165) is 32.8 Å². The largest absolute Gasteiger partial charge is 0.299 e. The maximum atomic E-state index is 14.5. The number of Topliss-reactive ketones (excluding diaryl/α,β-unsaturated/α-hetero) is 1. The van der Waals surface area contributed by atoms with Crippen LogP contribution in [0, 0.1) is 5.82 Å². The van der Waals surface area contributed by atoms with Crippen molar-refractivity contribution < 1.29 is 9.18 Å². The normalized spacial score (nSPS) is 11.1. The molecule has 28 heavy (non-hydrogen) atoms. The van der Waals surface area contributed by atoms with Gasteiger partial charge >= 0.3 is 0 Å². The van der Waals surface area contributed by atoms with Gasteiger partial charge in [-0.1, -0.05) is 13.0 Å². The van der Waals surface area contributed by atoms with Gasteiger partial charge < -0.3 is 0 Å². The van der Waals surface area contributed by atoms with E-state index in [0.29, 0.717) is 18.4 Å². The van der Waals surface area contributed by atoms with E-state index in [9.17, 15) is 9.18 Å². The summed E-state index contributed by atoms with van der Waals surface area (Å²) in [6.45, 7) is 1.98. The highest BCUT2D eigenvalue weighted by Crippen LogP contribution is 2.37. The van der Waals surface area contributed by atoms with Crippen LogP contribution in [0.25, 0.3) is 32.6 Å². The van der Waals surface area contributed by atoms with Gasteiger partial charge in [0.1, 0.15) is 22.3 Å². The van der Waals surface area contributed by atoms with E-state index >= 15 is 0 Å². The molecule has 4 aromatic rings. The zero-order valence-corrected chi connectivity index (χ0v) is 16.2. The molecule has 0 fully saturated rings. The number of fused-ring (bicyclic) bond motifs is 1. The summed E-state index contributed by atoms with van der Waals surface area (Å²) in [6, 6.07) is 10.7. The Kier molecular flexibility index (Phi) is 5.21. The minimum absolute atomic E-state index is 0.166. The van der Waals surface area contributed by atoms with E-state index in [1.807, 2.05) is 31.2 Å².